The Bertz CT molecular complexity index is 1060. The van der Waals surface area contributed by atoms with E-state index in [9.17, 15) is 4.79 Å². The highest BCUT2D eigenvalue weighted by molar-refractivity contribution is 7.19. The van der Waals surface area contributed by atoms with Gasteiger partial charge in [0.25, 0.3) is 0 Å². The van der Waals surface area contributed by atoms with E-state index >= 15 is 0 Å². The van der Waals surface area contributed by atoms with E-state index in [2.05, 4.69) is 59.5 Å². The van der Waals surface area contributed by atoms with Crippen molar-refractivity contribution in [2.24, 2.45) is 5.92 Å². The maximum Gasteiger partial charge on any atom is 0.309 e. The Morgan fingerprint density at radius 2 is 2.00 bits per heavy atom. The summed E-state index contributed by atoms with van der Waals surface area (Å²) >= 11 is 1.78. The van der Waals surface area contributed by atoms with Gasteiger partial charge in [0.15, 0.2) is 0 Å². The van der Waals surface area contributed by atoms with Gasteiger partial charge in [-0.25, -0.2) is 0 Å². The van der Waals surface area contributed by atoms with Gasteiger partial charge in [-0.3, -0.25) is 9.69 Å². The minimum Gasteiger partial charge on any atom is -0.488 e. The molecule has 1 fully saturated rings. The van der Waals surface area contributed by atoms with Crippen LogP contribution in [0.15, 0.2) is 54.1 Å². The maximum absolute atomic E-state index is 11.0. The third-order valence-electron chi connectivity index (χ3n) is 5.78. The minimum absolute atomic E-state index is 0.188. The van der Waals surface area contributed by atoms with Crippen LogP contribution < -0.4 is 4.74 Å². The van der Waals surface area contributed by atoms with Crippen LogP contribution in [0.2, 0.25) is 0 Å². The zero-order valence-electron chi connectivity index (χ0n) is 16.1. The van der Waals surface area contributed by atoms with Gasteiger partial charge in [0.05, 0.1) is 5.92 Å². The number of hydrogen-bond donors (Lipinski definition) is 1. The first-order chi connectivity index (χ1) is 14.1. The lowest BCUT2D eigenvalue weighted by Crippen LogP contribution is -2.50. The lowest BCUT2D eigenvalue weighted by Gasteiger charge is -2.37. The van der Waals surface area contributed by atoms with Crippen LogP contribution in [0, 0.1) is 5.92 Å². The van der Waals surface area contributed by atoms with Crippen LogP contribution in [0.5, 0.6) is 5.75 Å². The molecule has 5 heteroatoms. The van der Waals surface area contributed by atoms with Crippen molar-refractivity contribution in [2.45, 2.75) is 19.4 Å². The summed E-state index contributed by atoms with van der Waals surface area (Å²) in [5, 5.41) is 10.3. The van der Waals surface area contributed by atoms with Crippen molar-refractivity contribution < 1.29 is 14.6 Å². The summed E-state index contributed by atoms with van der Waals surface area (Å²) < 4.78 is 7.36. The minimum atomic E-state index is -0.674. The number of carboxylic acid groups (broad SMARTS) is 1. The molecule has 1 aromatic heterocycles. The molecule has 1 aliphatic heterocycles. The second-order valence-corrected chi connectivity index (χ2v) is 9.10. The normalized spacial score (nSPS) is 16.9. The van der Waals surface area contributed by atoms with Crippen molar-refractivity contribution in [1.29, 1.82) is 0 Å². The Balaban J connectivity index is 1.21. The molecule has 1 aliphatic carbocycles. The third kappa shape index (κ3) is 3.93. The molecule has 0 spiro atoms. The van der Waals surface area contributed by atoms with E-state index in [1.165, 1.54) is 31.7 Å². The van der Waals surface area contributed by atoms with Gasteiger partial charge in [0.2, 0.25) is 0 Å². The van der Waals surface area contributed by atoms with Crippen LogP contribution in [0.1, 0.15) is 22.4 Å². The number of thiophene rings is 1. The van der Waals surface area contributed by atoms with Crippen molar-refractivity contribution >= 4 is 33.5 Å². The standard InChI is InChI=1S/C24H23NO3S/c26-24(27)20-13-25(14-20)12-16-5-6-18-10-21(8-7-17(18)9-16)28-15-22-11-19-3-1-2-4-23(19)29-22/h1-4,7-11,20H,5-6,12-15H2,(H,26,27). The van der Waals surface area contributed by atoms with Gasteiger partial charge in [-0.1, -0.05) is 35.9 Å². The fourth-order valence-electron chi connectivity index (χ4n) is 4.15. The summed E-state index contributed by atoms with van der Waals surface area (Å²) in [5.74, 6) is 0.0598. The average Bonchev–Trinajstić information content (AvgIpc) is 3.11. The number of hydrogen-bond acceptors (Lipinski definition) is 4. The molecule has 1 N–H and O–H groups in total. The number of ether oxygens (including phenoxy) is 1. The average molecular weight is 406 g/mol. The van der Waals surface area contributed by atoms with Crippen LogP contribution in [0.4, 0.5) is 0 Å². The number of likely N-dealkylation sites (tertiary alicyclic amines) is 1. The second kappa shape index (κ2) is 7.65. The number of nitrogens with zero attached hydrogens (tertiary/aromatic N) is 1. The predicted octanol–water partition coefficient (Wildman–Crippen LogP) is 4.83. The number of carboxylic acids is 1. The smallest absolute Gasteiger partial charge is 0.309 e. The molecule has 5 rings (SSSR count). The molecule has 0 bridgehead atoms. The van der Waals surface area contributed by atoms with E-state index in [0.717, 1.165) is 25.1 Å². The first kappa shape index (κ1) is 18.4. The molecule has 0 atom stereocenters. The molecule has 0 unspecified atom stereocenters. The number of aryl methyl sites for hydroxylation is 1. The van der Waals surface area contributed by atoms with E-state index in [1.807, 2.05) is 0 Å². The van der Waals surface area contributed by atoms with Crippen LogP contribution >= 0.6 is 11.3 Å². The molecule has 2 aliphatic rings. The molecule has 29 heavy (non-hydrogen) atoms. The Labute approximate surface area is 174 Å². The van der Waals surface area contributed by atoms with Gasteiger partial charge in [0.1, 0.15) is 12.4 Å². The third-order valence-corrected chi connectivity index (χ3v) is 6.87. The quantitative estimate of drug-likeness (QED) is 0.638. The lowest BCUT2D eigenvalue weighted by atomic mass is 9.90. The molecule has 2 aromatic carbocycles. The Kier molecular flexibility index (Phi) is 4.86. The topological polar surface area (TPSA) is 49.8 Å². The zero-order valence-corrected chi connectivity index (χ0v) is 17.0. The predicted molar refractivity (Wildman–Crippen MR) is 116 cm³/mol. The summed E-state index contributed by atoms with van der Waals surface area (Å²) in [6.45, 7) is 2.82. The van der Waals surface area contributed by atoms with Gasteiger partial charge in [-0.2, -0.15) is 0 Å². The fraction of sp³-hybridized carbons (Fsp3) is 0.292. The SMILES string of the molecule is O=C(O)C1CN(CC2=Cc3ccc(OCc4cc5ccccc5s4)cc3CC2)C1. The van der Waals surface area contributed by atoms with Crippen LogP contribution in [0.25, 0.3) is 16.2 Å². The Hall–Kier alpha value is -2.63. The van der Waals surface area contributed by atoms with Crippen molar-refractivity contribution in [3.63, 3.8) is 0 Å². The molecule has 0 amide bonds. The van der Waals surface area contributed by atoms with Crippen LogP contribution in [-0.2, 0) is 17.8 Å². The summed E-state index contributed by atoms with van der Waals surface area (Å²) in [7, 11) is 0. The van der Waals surface area contributed by atoms with Crippen LogP contribution in [-0.4, -0.2) is 35.6 Å². The largest absolute Gasteiger partial charge is 0.488 e. The Morgan fingerprint density at radius 3 is 2.83 bits per heavy atom. The maximum atomic E-state index is 11.0. The molecular weight excluding hydrogens is 382 g/mol. The number of aliphatic carboxylic acids is 1. The molecular formula is C24H23NO3S. The number of benzene rings is 2. The van der Waals surface area contributed by atoms with Gasteiger partial charge < -0.3 is 9.84 Å². The van der Waals surface area contributed by atoms with Gasteiger partial charge in [-0.05, 0) is 53.6 Å². The lowest BCUT2D eigenvalue weighted by molar-refractivity contribution is -0.147. The molecule has 1 saturated heterocycles. The first-order valence-electron chi connectivity index (χ1n) is 10.0. The van der Waals surface area contributed by atoms with Gasteiger partial charge in [-0.15, -0.1) is 11.3 Å². The van der Waals surface area contributed by atoms with Crippen molar-refractivity contribution in [2.75, 3.05) is 19.6 Å². The molecule has 148 valence electrons. The summed E-state index contributed by atoms with van der Waals surface area (Å²) in [4.78, 5) is 14.4. The van der Waals surface area contributed by atoms with E-state index < -0.39 is 5.97 Å². The first-order valence-corrected chi connectivity index (χ1v) is 10.8. The fourth-order valence-corrected chi connectivity index (χ4v) is 5.12. The van der Waals surface area contributed by atoms with Crippen LogP contribution in [0.3, 0.4) is 0 Å². The highest BCUT2D eigenvalue weighted by Crippen LogP contribution is 2.30. The van der Waals surface area contributed by atoms with Gasteiger partial charge >= 0.3 is 5.97 Å². The highest BCUT2D eigenvalue weighted by atomic mass is 32.1. The van der Waals surface area contributed by atoms with E-state index in [1.54, 1.807) is 11.3 Å². The van der Waals surface area contributed by atoms with Gasteiger partial charge in [0, 0.05) is 29.2 Å². The molecule has 0 radical (unpaired) electrons. The molecule has 4 nitrogen and oxygen atoms in total. The number of carbonyl (C=O) groups is 1. The Morgan fingerprint density at radius 1 is 1.14 bits per heavy atom. The summed E-state index contributed by atoms with van der Waals surface area (Å²) in [6.07, 6.45) is 4.31. The van der Waals surface area contributed by atoms with E-state index in [0.29, 0.717) is 19.7 Å². The zero-order chi connectivity index (χ0) is 19.8. The number of rotatable bonds is 6. The highest BCUT2D eigenvalue weighted by Gasteiger charge is 2.32. The summed E-state index contributed by atoms with van der Waals surface area (Å²) in [5.41, 5.74) is 3.98. The van der Waals surface area contributed by atoms with Crippen molar-refractivity contribution in [3.8, 4) is 5.75 Å². The van der Waals surface area contributed by atoms with Crippen molar-refractivity contribution in [3.05, 3.63) is 70.1 Å². The molecule has 0 saturated carbocycles. The molecule has 2 heterocycles. The monoisotopic (exact) mass is 405 g/mol. The van der Waals surface area contributed by atoms with Crippen molar-refractivity contribution in [1.82, 2.24) is 4.90 Å². The summed E-state index contributed by atoms with van der Waals surface area (Å²) in [6, 6.07) is 17.0. The van der Waals surface area contributed by atoms with E-state index in [4.69, 9.17) is 9.84 Å². The molecule has 3 aromatic rings. The second-order valence-electron chi connectivity index (χ2n) is 7.93. The number of fused-ring (bicyclic) bond motifs is 2. The van der Waals surface area contributed by atoms with E-state index in [-0.39, 0.29) is 5.92 Å².